The molecule has 1 N–H and O–H groups in total. The first-order valence-electron chi connectivity index (χ1n) is 7.58. The van der Waals surface area contributed by atoms with Gasteiger partial charge in [0.05, 0.1) is 11.4 Å². The number of nitrogens with one attached hydrogen (secondary N) is 1. The third kappa shape index (κ3) is 4.06. The first-order valence-corrected chi connectivity index (χ1v) is 9.06. The maximum absolute atomic E-state index is 12.6. The normalized spacial score (nSPS) is 18.2. The standard InChI is InChI=1S/C15H18F2N2O3S/c16-14(17)9-19(12-5-6-12)15(20)10-1-7-13(8-2-10)23(21,22)18-11-3-4-11/h1-2,7-8,11-12,14,18H,3-6,9H2. The Kier molecular flexibility index (Phi) is 4.37. The van der Waals surface area contributed by atoms with E-state index in [2.05, 4.69) is 4.72 Å². The summed E-state index contributed by atoms with van der Waals surface area (Å²) in [5.74, 6) is -0.480. The van der Waals surface area contributed by atoms with Crippen molar-refractivity contribution < 1.29 is 22.0 Å². The van der Waals surface area contributed by atoms with E-state index in [0.29, 0.717) is 0 Å². The molecule has 0 saturated heterocycles. The molecule has 0 atom stereocenters. The predicted octanol–water partition coefficient (Wildman–Crippen LogP) is 2.00. The minimum atomic E-state index is -3.58. The zero-order valence-corrected chi connectivity index (χ0v) is 13.2. The number of hydrogen-bond donors (Lipinski definition) is 1. The third-order valence-electron chi connectivity index (χ3n) is 3.89. The van der Waals surface area contributed by atoms with Crippen LogP contribution in [0.3, 0.4) is 0 Å². The lowest BCUT2D eigenvalue weighted by Gasteiger charge is -2.22. The molecule has 23 heavy (non-hydrogen) atoms. The summed E-state index contributed by atoms with van der Waals surface area (Å²) in [5.41, 5.74) is 0.225. The molecule has 0 radical (unpaired) electrons. The summed E-state index contributed by atoms with van der Waals surface area (Å²) in [7, 11) is -3.58. The summed E-state index contributed by atoms with van der Waals surface area (Å²) < 4.78 is 51.9. The quantitative estimate of drug-likeness (QED) is 0.823. The van der Waals surface area contributed by atoms with Crippen molar-refractivity contribution in [2.75, 3.05) is 6.54 Å². The second-order valence-corrected chi connectivity index (χ2v) is 7.71. The van der Waals surface area contributed by atoms with Gasteiger partial charge in [-0.1, -0.05) is 0 Å². The van der Waals surface area contributed by atoms with Crippen molar-refractivity contribution in [1.82, 2.24) is 9.62 Å². The van der Waals surface area contributed by atoms with Crippen LogP contribution in [0.4, 0.5) is 8.78 Å². The number of nitrogens with zero attached hydrogens (tertiary/aromatic N) is 1. The molecule has 1 aromatic rings. The fraction of sp³-hybridized carbons (Fsp3) is 0.533. The molecule has 0 aliphatic heterocycles. The molecule has 1 amide bonds. The van der Waals surface area contributed by atoms with Crippen LogP contribution in [-0.4, -0.2) is 44.3 Å². The molecule has 2 aliphatic carbocycles. The third-order valence-corrected chi connectivity index (χ3v) is 5.43. The molecular weight excluding hydrogens is 326 g/mol. The number of sulfonamides is 1. The minimum Gasteiger partial charge on any atom is -0.330 e. The molecule has 0 aromatic heterocycles. The van der Waals surface area contributed by atoms with Gasteiger partial charge in [0.25, 0.3) is 12.3 Å². The van der Waals surface area contributed by atoms with E-state index in [1.54, 1.807) is 0 Å². The first-order chi connectivity index (χ1) is 10.9. The molecule has 126 valence electrons. The monoisotopic (exact) mass is 344 g/mol. The van der Waals surface area contributed by atoms with Gasteiger partial charge in [-0.2, -0.15) is 0 Å². The van der Waals surface area contributed by atoms with E-state index < -0.39 is 28.9 Å². The van der Waals surface area contributed by atoms with Crippen molar-refractivity contribution in [3.05, 3.63) is 29.8 Å². The average Bonchev–Trinajstić information content (AvgIpc) is 3.37. The van der Waals surface area contributed by atoms with Gasteiger partial charge in [-0.3, -0.25) is 4.79 Å². The second kappa shape index (κ2) is 6.16. The van der Waals surface area contributed by atoms with Crippen molar-refractivity contribution in [2.45, 2.75) is 49.1 Å². The average molecular weight is 344 g/mol. The van der Waals surface area contributed by atoms with Crippen LogP contribution in [-0.2, 0) is 10.0 Å². The Morgan fingerprint density at radius 1 is 1.17 bits per heavy atom. The highest BCUT2D eigenvalue weighted by molar-refractivity contribution is 7.89. The molecular formula is C15H18F2N2O3S. The lowest BCUT2D eigenvalue weighted by molar-refractivity contribution is 0.0534. The van der Waals surface area contributed by atoms with Crippen molar-refractivity contribution in [3.8, 4) is 0 Å². The van der Waals surface area contributed by atoms with Gasteiger partial charge in [0.1, 0.15) is 0 Å². The van der Waals surface area contributed by atoms with E-state index in [0.717, 1.165) is 25.7 Å². The molecule has 2 fully saturated rings. The SMILES string of the molecule is O=C(c1ccc(S(=O)(=O)NC2CC2)cc1)N(CC(F)F)C1CC1. The second-order valence-electron chi connectivity index (χ2n) is 6.00. The lowest BCUT2D eigenvalue weighted by atomic mass is 10.2. The number of alkyl halides is 2. The molecule has 1 aromatic carbocycles. The van der Waals surface area contributed by atoms with Crippen LogP contribution in [0.1, 0.15) is 36.0 Å². The number of carbonyl (C=O) groups excluding carboxylic acids is 1. The van der Waals surface area contributed by atoms with Gasteiger partial charge in [-0.25, -0.2) is 21.9 Å². The molecule has 2 saturated carbocycles. The van der Waals surface area contributed by atoms with Gasteiger partial charge in [0.2, 0.25) is 10.0 Å². The first kappa shape index (κ1) is 16.3. The lowest BCUT2D eigenvalue weighted by Crippen LogP contribution is -2.37. The maximum atomic E-state index is 12.6. The maximum Gasteiger partial charge on any atom is 0.255 e. The van der Waals surface area contributed by atoms with Gasteiger partial charge in [-0.05, 0) is 49.9 Å². The molecule has 8 heteroatoms. The highest BCUT2D eigenvalue weighted by Gasteiger charge is 2.35. The van der Waals surface area contributed by atoms with Crippen LogP contribution in [0, 0.1) is 0 Å². The molecule has 0 bridgehead atoms. The molecule has 2 aliphatic rings. The van der Waals surface area contributed by atoms with Gasteiger partial charge in [0, 0.05) is 17.6 Å². The summed E-state index contributed by atoms with van der Waals surface area (Å²) in [6.45, 7) is -0.590. The van der Waals surface area contributed by atoms with Gasteiger partial charge in [0.15, 0.2) is 0 Å². The van der Waals surface area contributed by atoms with Crippen LogP contribution in [0.2, 0.25) is 0 Å². The fourth-order valence-corrected chi connectivity index (χ4v) is 3.67. The molecule has 5 nitrogen and oxygen atoms in total. The Hall–Kier alpha value is -1.54. The molecule has 3 rings (SSSR count). The number of rotatable bonds is 7. The van der Waals surface area contributed by atoms with Crippen LogP contribution < -0.4 is 4.72 Å². The van der Waals surface area contributed by atoms with E-state index >= 15 is 0 Å². The highest BCUT2D eigenvalue weighted by Crippen LogP contribution is 2.29. The van der Waals surface area contributed by atoms with Gasteiger partial charge in [-0.15, -0.1) is 0 Å². The Balaban J connectivity index is 1.74. The highest BCUT2D eigenvalue weighted by atomic mass is 32.2. The zero-order valence-electron chi connectivity index (χ0n) is 12.4. The van der Waals surface area contributed by atoms with E-state index in [9.17, 15) is 22.0 Å². The molecule has 0 heterocycles. The minimum absolute atomic E-state index is 0.00212. The van der Waals surface area contributed by atoms with E-state index in [1.165, 1.54) is 29.2 Å². The number of benzene rings is 1. The fourth-order valence-electron chi connectivity index (χ4n) is 2.36. The summed E-state index contributed by atoms with van der Waals surface area (Å²) in [6.07, 6.45) is 0.549. The topological polar surface area (TPSA) is 66.5 Å². The van der Waals surface area contributed by atoms with Crippen LogP contribution in [0.15, 0.2) is 29.2 Å². The molecule has 0 spiro atoms. The number of carbonyl (C=O) groups is 1. The Bertz CT molecular complexity index is 683. The number of halogens is 2. The molecule has 0 unspecified atom stereocenters. The smallest absolute Gasteiger partial charge is 0.255 e. The number of amides is 1. The van der Waals surface area contributed by atoms with E-state index in [-0.39, 0.29) is 22.5 Å². The van der Waals surface area contributed by atoms with E-state index in [1.807, 2.05) is 0 Å². The van der Waals surface area contributed by atoms with Crippen molar-refractivity contribution >= 4 is 15.9 Å². The van der Waals surface area contributed by atoms with Crippen LogP contribution in [0.5, 0.6) is 0 Å². The zero-order chi connectivity index (χ0) is 16.6. The van der Waals surface area contributed by atoms with Crippen molar-refractivity contribution in [1.29, 1.82) is 0 Å². The van der Waals surface area contributed by atoms with Crippen molar-refractivity contribution in [2.24, 2.45) is 0 Å². The van der Waals surface area contributed by atoms with Gasteiger partial charge >= 0.3 is 0 Å². The van der Waals surface area contributed by atoms with Crippen LogP contribution >= 0.6 is 0 Å². The Morgan fingerprint density at radius 3 is 2.26 bits per heavy atom. The summed E-state index contributed by atoms with van der Waals surface area (Å²) in [6, 6.07) is 5.31. The van der Waals surface area contributed by atoms with Crippen LogP contribution in [0.25, 0.3) is 0 Å². The predicted molar refractivity (Wildman–Crippen MR) is 79.8 cm³/mol. The number of hydrogen-bond acceptors (Lipinski definition) is 3. The van der Waals surface area contributed by atoms with E-state index in [4.69, 9.17) is 0 Å². The van der Waals surface area contributed by atoms with Gasteiger partial charge < -0.3 is 4.90 Å². The summed E-state index contributed by atoms with van der Waals surface area (Å²) in [4.78, 5) is 13.6. The Morgan fingerprint density at radius 2 is 1.78 bits per heavy atom. The largest absolute Gasteiger partial charge is 0.330 e. The summed E-state index contributed by atoms with van der Waals surface area (Å²) in [5, 5.41) is 0. The Labute approximate surface area is 133 Å². The summed E-state index contributed by atoms with van der Waals surface area (Å²) >= 11 is 0. The van der Waals surface area contributed by atoms with Crippen molar-refractivity contribution in [3.63, 3.8) is 0 Å².